The summed E-state index contributed by atoms with van der Waals surface area (Å²) in [6.07, 6.45) is 6.34. The van der Waals surface area contributed by atoms with E-state index in [1.807, 2.05) is 48.5 Å². The summed E-state index contributed by atoms with van der Waals surface area (Å²) in [6, 6.07) is 15.6. The van der Waals surface area contributed by atoms with Crippen LogP contribution in [0.3, 0.4) is 0 Å². The van der Waals surface area contributed by atoms with E-state index in [-0.39, 0.29) is 5.91 Å². The molecule has 24 heavy (non-hydrogen) atoms. The number of carbonyl (C=O) groups is 1. The van der Waals surface area contributed by atoms with Crippen LogP contribution in [0.25, 0.3) is 6.08 Å². The number of aryl methyl sites for hydroxylation is 1. The van der Waals surface area contributed by atoms with Crippen molar-refractivity contribution in [2.45, 2.75) is 33.1 Å². The van der Waals surface area contributed by atoms with Gasteiger partial charge in [0.1, 0.15) is 5.75 Å². The highest BCUT2D eigenvalue weighted by molar-refractivity contribution is 6.02. The third kappa shape index (κ3) is 5.27. The average Bonchev–Trinajstić information content (AvgIpc) is 2.61. The minimum absolute atomic E-state index is 0.140. The Hall–Kier alpha value is -2.55. The van der Waals surface area contributed by atoms with Crippen LogP contribution in [0.1, 0.15) is 37.8 Å². The number of nitrogens with one attached hydrogen (secondary N) is 1. The Morgan fingerprint density at radius 1 is 1.08 bits per heavy atom. The zero-order valence-corrected chi connectivity index (χ0v) is 14.4. The number of anilines is 1. The molecule has 0 aliphatic rings. The van der Waals surface area contributed by atoms with Crippen molar-refractivity contribution in [2.24, 2.45) is 0 Å². The standard InChI is InChI=1S/C21H25NO2/c1-3-5-16-24-20-13-9-7-11-18(20)14-15-21(23)22-19-12-8-6-10-17(19)4-2/h6-15H,3-5,16H2,1-2H3,(H,22,23)/b15-14+. The summed E-state index contributed by atoms with van der Waals surface area (Å²) in [5, 5.41) is 2.94. The van der Waals surface area contributed by atoms with Gasteiger partial charge in [-0.15, -0.1) is 0 Å². The Bertz CT molecular complexity index is 692. The van der Waals surface area contributed by atoms with E-state index >= 15 is 0 Å². The van der Waals surface area contributed by atoms with Gasteiger partial charge in [-0.25, -0.2) is 0 Å². The first-order valence-corrected chi connectivity index (χ1v) is 8.53. The van der Waals surface area contributed by atoms with Gasteiger partial charge in [0.15, 0.2) is 0 Å². The van der Waals surface area contributed by atoms with E-state index in [2.05, 4.69) is 19.2 Å². The van der Waals surface area contributed by atoms with E-state index in [0.29, 0.717) is 6.61 Å². The lowest BCUT2D eigenvalue weighted by Gasteiger charge is -2.09. The lowest BCUT2D eigenvalue weighted by atomic mass is 10.1. The van der Waals surface area contributed by atoms with E-state index in [1.54, 1.807) is 12.2 Å². The largest absolute Gasteiger partial charge is 0.493 e. The molecule has 3 heteroatoms. The first kappa shape index (κ1) is 17.8. The fraction of sp³-hybridized carbons (Fsp3) is 0.286. The van der Waals surface area contributed by atoms with E-state index in [4.69, 9.17) is 4.74 Å². The molecule has 0 aliphatic carbocycles. The molecule has 2 rings (SSSR count). The number of unbranched alkanes of at least 4 members (excludes halogenated alkanes) is 1. The molecule has 0 spiro atoms. The lowest BCUT2D eigenvalue weighted by molar-refractivity contribution is -0.111. The van der Waals surface area contributed by atoms with E-state index in [9.17, 15) is 4.79 Å². The molecule has 2 aromatic rings. The second-order valence-electron chi connectivity index (χ2n) is 5.57. The molecule has 0 aromatic heterocycles. The van der Waals surface area contributed by atoms with Crippen LogP contribution in [-0.2, 0) is 11.2 Å². The maximum atomic E-state index is 12.2. The fourth-order valence-electron chi connectivity index (χ4n) is 2.37. The molecular weight excluding hydrogens is 298 g/mol. The molecule has 0 saturated carbocycles. The van der Waals surface area contributed by atoms with Crippen LogP contribution in [0.2, 0.25) is 0 Å². The number of benzene rings is 2. The van der Waals surface area contributed by atoms with Gasteiger partial charge in [-0.2, -0.15) is 0 Å². The molecule has 0 fully saturated rings. The summed E-state index contributed by atoms with van der Waals surface area (Å²) in [4.78, 5) is 12.2. The number of ether oxygens (including phenoxy) is 1. The summed E-state index contributed by atoms with van der Waals surface area (Å²) >= 11 is 0. The van der Waals surface area contributed by atoms with Crippen LogP contribution in [-0.4, -0.2) is 12.5 Å². The molecule has 126 valence electrons. The predicted molar refractivity (Wildman–Crippen MR) is 100 cm³/mol. The molecule has 0 heterocycles. The van der Waals surface area contributed by atoms with Gasteiger partial charge < -0.3 is 10.1 Å². The van der Waals surface area contributed by atoms with Gasteiger partial charge in [-0.1, -0.05) is 56.7 Å². The summed E-state index contributed by atoms with van der Waals surface area (Å²) in [7, 11) is 0. The molecule has 0 bridgehead atoms. The van der Waals surface area contributed by atoms with Gasteiger partial charge in [-0.05, 0) is 36.6 Å². The Balaban J connectivity index is 2.03. The minimum Gasteiger partial charge on any atom is -0.493 e. The first-order chi connectivity index (χ1) is 11.7. The third-order valence-corrected chi connectivity index (χ3v) is 3.74. The van der Waals surface area contributed by atoms with Crippen LogP contribution in [0.5, 0.6) is 5.75 Å². The SMILES string of the molecule is CCCCOc1ccccc1/C=C/C(=O)Nc1ccccc1CC. The molecule has 0 unspecified atom stereocenters. The second kappa shape index (κ2) is 9.56. The lowest BCUT2D eigenvalue weighted by Crippen LogP contribution is -2.09. The van der Waals surface area contributed by atoms with E-state index in [0.717, 1.165) is 41.8 Å². The monoisotopic (exact) mass is 323 g/mol. The Kier molecular flexibility index (Phi) is 7.09. The molecule has 0 radical (unpaired) electrons. The topological polar surface area (TPSA) is 38.3 Å². The average molecular weight is 323 g/mol. The zero-order valence-electron chi connectivity index (χ0n) is 14.4. The number of hydrogen-bond donors (Lipinski definition) is 1. The summed E-state index contributed by atoms with van der Waals surface area (Å²) in [6.45, 7) is 4.90. The van der Waals surface area contributed by atoms with Crippen molar-refractivity contribution in [3.63, 3.8) is 0 Å². The summed E-state index contributed by atoms with van der Waals surface area (Å²) in [5.41, 5.74) is 2.90. The van der Waals surface area contributed by atoms with Gasteiger partial charge in [-0.3, -0.25) is 4.79 Å². The Labute approximate surface area is 144 Å². The molecular formula is C21H25NO2. The number of carbonyl (C=O) groups excluding carboxylic acids is 1. The van der Waals surface area contributed by atoms with Crippen LogP contribution in [0, 0.1) is 0 Å². The van der Waals surface area contributed by atoms with Crippen molar-refractivity contribution in [1.29, 1.82) is 0 Å². The predicted octanol–water partition coefficient (Wildman–Crippen LogP) is 5.08. The van der Waals surface area contributed by atoms with Crippen LogP contribution in [0.15, 0.2) is 54.6 Å². The Morgan fingerprint density at radius 3 is 2.62 bits per heavy atom. The number of amides is 1. The van der Waals surface area contributed by atoms with Crippen molar-refractivity contribution in [2.75, 3.05) is 11.9 Å². The summed E-state index contributed by atoms with van der Waals surface area (Å²) < 4.78 is 5.78. The quantitative estimate of drug-likeness (QED) is 0.543. The molecule has 0 atom stereocenters. The Morgan fingerprint density at radius 2 is 1.83 bits per heavy atom. The highest BCUT2D eigenvalue weighted by Crippen LogP contribution is 2.20. The molecule has 1 N–H and O–H groups in total. The van der Waals surface area contributed by atoms with Gasteiger partial charge in [0.2, 0.25) is 5.91 Å². The number of hydrogen-bond acceptors (Lipinski definition) is 2. The van der Waals surface area contributed by atoms with Gasteiger partial charge >= 0.3 is 0 Å². The van der Waals surface area contributed by atoms with Gasteiger partial charge in [0, 0.05) is 17.3 Å². The van der Waals surface area contributed by atoms with Gasteiger partial charge in [0.25, 0.3) is 0 Å². The third-order valence-electron chi connectivity index (χ3n) is 3.74. The van der Waals surface area contributed by atoms with Crippen molar-refractivity contribution in [3.05, 3.63) is 65.7 Å². The van der Waals surface area contributed by atoms with Gasteiger partial charge in [0.05, 0.1) is 6.61 Å². The highest BCUT2D eigenvalue weighted by atomic mass is 16.5. The second-order valence-corrected chi connectivity index (χ2v) is 5.57. The van der Waals surface area contributed by atoms with E-state index < -0.39 is 0 Å². The van der Waals surface area contributed by atoms with Crippen LogP contribution in [0.4, 0.5) is 5.69 Å². The van der Waals surface area contributed by atoms with Crippen molar-refractivity contribution in [1.82, 2.24) is 0 Å². The van der Waals surface area contributed by atoms with E-state index in [1.165, 1.54) is 0 Å². The number of para-hydroxylation sites is 2. The normalized spacial score (nSPS) is 10.8. The maximum absolute atomic E-state index is 12.2. The fourth-order valence-corrected chi connectivity index (χ4v) is 2.37. The maximum Gasteiger partial charge on any atom is 0.248 e. The van der Waals surface area contributed by atoms with Crippen molar-refractivity contribution in [3.8, 4) is 5.75 Å². The molecule has 1 amide bonds. The summed E-state index contributed by atoms with van der Waals surface area (Å²) in [5.74, 6) is 0.670. The van der Waals surface area contributed by atoms with Crippen LogP contribution < -0.4 is 10.1 Å². The molecule has 0 aliphatic heterocycles. The van der Waals surface area contributed by atoms with Crippen LogP contribution >= 0.6 is 0 Å². The molecule has 2 aromatic carbocycles. The minimum atomic E-state index is -0.140. The molecule has 3 nitrogen and oxygen atoms in total. The molecule has 0 saturated heterocycles. The highest BCUT2D eigenvalue weighted by Gasteiger charge is 2.04. The first-order valence-electron chi connectivity index (χ1n) is 8.53. The number of rotatable bonds is 8. The van der Waals surface area contributed by atoms with Crippen molar-refractivity contribution < 1.29 is 9.53 Å². The van der Waals surface area contributed by atoms with Crippen molar-refractivity contribution >= 4 is 17.7 Å². The smallest absolute Gasteiger partial charge is 0.248 e. The zero-order chi connectivity index (χ0) is 17.2.